The minimum Gasteiger partial charge on any atom is -0.504 e. The first-order chi connectivity index (χ1) is 9.58. The Morgan fingerprint density at radius 3 is 2.70 bits per heavy atom. The molecule has 1 heterocycles. The summed E-state index contributed by atoms with van der Waals surface area (Å²) in [5.74, 6) is 1.02. The molecule has 4 nitrogen and oxygen atoms in total. The fraction of sp³-hybridized carbons (Fsp3) is 0.188. The van der Waals surface area contributed by atoms with Crippen LogP contribution in [0.5, 0.6) is 11.5 Å². The summed E-state index contributed by atoms with van der Waals surface area (Å²) in [6.45, 7) is 4.03. The van der Waals surface area contributed by atoms with Crippen molar-refractivity contribution in [3.05, 3.63) is 41.5 Å². The van der Waals surface area contributed by atoms with Crippen LogP contribution in [0.3, 0.4) is 0 Å². The van der Waals surface area contributed by atoms with Gasteiger partial charge >= 0.3 is 0 Å². The van der Waals surface area contributed by atoms with Crippen LogP contribution >= 0.6 is 0 Å². The van der Waals surface area contributed by atoms with E-state index < -0.39 is 0 Å². The van der Waals surface area contributed by atoms with Gasteiger partial charge < -0.3 is 14.3 Å². The normalized spacial score (nSPS) is 10.9. The van der Waals surface area contributed by atoms with Gasteiger partial charge in [0, 0.05) is 5.56 Å². The number of phenolic OH excluding ortho intramolecular Hbond substituents is 1. The molecule has 102 valence electrons. The molecule has 20 heavy (non-hydrogen) atoms. The van der Waals surface area contributed by atoms with Gasteiger partial charge in [-0.1, -0.05) is 6.07 Å². The minimum absolute atomic E-state index is 0.0967. The Morgan fingerprint density at radius 2 is 1.95 bits per heavy atom. The van der Waals surface area contributed by atoms with Gasteiger partial charge in [0.2, 0.25) is 5.89 Å². The smallest absolute Gasteiger partial charge is 0.227 e. The number of phenols is 1. The molecule has 1 aromatic heterocycles. The second-order valence-corrected chi connectivity index (χ2v) is 4.84. The highest BCUT2D eigenvalue weighted by molar-refractivity contribution is 5.80. The molecule has 0 amide bonds. The number of hydrogen-bond donors (Lipinski definition) is 1. The van der Waals surface area contributed by atoms with E-state index >= 15 is 0 Å². The molecular weight excluding hydrogens is 254 g/mol. The molecule has 4 heteroatoms. The van der Waals surface area contributed by atoms with E-state index in [-0.39, 0.29) is 5.75 Å². The maximum Gasteiger partial charge on any atom is 0.227 e. The first-order valence-corrected chi connectivity index (χ1v) is 6.33. The first kappa shape index (κ1) is 12.5. The van der Waals surface area contributed by atoms with Crippen molar-refractivity contribution in [1.82, 2.24) is 4.98 Å². The van der Waals surface area contributed by atoms with E-state index in [1.165, 1.54) is 7.11 Å². The van der Waals surface area contributed by atoms with Crippen LogP contribution in [0, 0.1) is 13.8 Å². The predicted molar refractivity (Wildman–Crippen MR) is 77.1 cm³/mol. The van der Waals surface area contributed by atoms with Gasteiger partial charge in [0.25, 0.3) is 0 Å². The van der Waals surface area contributed by atoms with E-state index in [0.29, 0.717) is 11.6 Å². The van der Waals surface area contributed by atoms with Gasteiger partial charge in [0.15, 0.2) is 17.1 Å². The molecule has 2 aromatic carbocycles. The number of methoxy groups -OCH3 is 1. The van der Waals surface area contributed by atoms with E-state index in [4.69, 9.17) is 9.15 Å². The number of hydrogen-bond acceptors (Lipinski definition) is 4. The molecule has 0 spiro atoms. The Balaban J connectivity index is 2.17. The lowest BCUT2D eigenvalue weighted by Gasteiger charge is -2.03. The Kier molecular flexibility index (Phi) is 2.86. The number of benzene rings is 2. The van der Waals surface area contributed by atoms with Crippen LogP contribution in [0.1, 0.15) is 11.1 Å². The zero-order chi connectivity index (χ0) is 14.3. The van der Waals surface area contributed by atoms with Gasteiger partial charge in [0.1, 0.15) is 5.52 Å². The Hall–Kier alpha value is -2.49. The molecule has 0 saturated carbocycles. The highest BCUT2D eigenvalue weighted by atomic mass is 16.5. The molecule has 3 aromatic rings. The number of fused-ring (bicyclic) bond motifs is 1. The van der Waals surface area contributed by atoms with Crippen molar-refractivity contribution in [2.24, 2.45) is 0 Å². The SMILES string of the molecule is COc1cc(-c2nc3cc(C)cc(C)c3o2)ccc1O. The third-order valence-electron chi connectivity index (χ3n) is 3.25. The molecule has 0 fully saturated rings. The van der Waals surface area contributed by atoms with E-state index in [1.807, 2.05) is 19.9 Å². The van der Waals surface area contributed by atoms with E-state index in [2.05, 4.69) is 11.1 Å². The number of nitrogens with zero attached hydrogens (tertiary/aromatic N) is 1. The number of rotatable bonds is 2. The summed E-state index contributed by atoms with van der Waals surface area (Å²) in [6, 6.07) is 9.09. The zero-order valence-corrected chi connectivity index (χ0v) is 11.6. The lowest BCUT2D eigenvalue weighted by molar-refractivity contribution is 0.373. The van der Waals surface area contributed by atoms with Gasteiger partial charge in [-0.2, -0.15) is 0 Å². The fourth-order valence-electron chi connectivity index (χ4n) is 2.31. The molecule has 3 rings (SSSR count). The van der Waals surface area contributed by atoms with Crippen LogP contribution < -0.4 is 4.74 Å². The topological polar surface area (TPSA) is 55.5 Å². The zero-order valence-electron chi connectivity index (χ0n) is 11.6. The van der Waals surface area contributed by atoms with Gasteiger partial charge in [-0.3, -0.25) is 0 Å². The van der Waals surface area contributed by atoms with Crippen molar-refractivity contribution in [3.8, 4) is 23.0 Å². The van der Waals surface area contributed by atoms with Crippen molar-refractivity contribution >= 4 is 11.1 Å². The molecule has 0 aliphatic carbocycles. The van der Waals surface area contributed by atoms with Crippen molar-refractivity contribution in [1.29, 1.82) is 0 Å². The number of oxazole rings is 1. The lowest BCUT2D eigenvalue weighted by atomic mass is 10.1. The molecule has 0 radical (unpaired) electrons. The molecule has 0 unspecified atom stereocenters. The first-order valence-electron chi connectivity index (χ1n) is 6.33. The van der Waals surface area contributed by atoms with Crippen LogP contribution in [-0.2, 0) is 0 Å². The summed E-state index contributed by atoms with van der Waals surface area (Å²) >= 11 is 0. The summed E-state index contributed by atoms with van der Waals surface area (Å²) in [6.07, 6.45) is 0. The van der Waals surface area contributed by atoms with E-state index in [1.54, 1.807) is 18.2 Å². The summed E-state index contributed by atoms with van der Waals surface area (Å²) in [5, 5.41) is 9.63. The molecule has 0 aliphatic rings. The fourth-order valence-corrected chi connectivity index (χ4v) is 2.31. The van der Waals surface area contributed by atoms with Crippen molar-refractivity contribution in [2.75, 3.05) is 7.11 Å². The van der Waals surface area contributed by atoms with Crippen molar-refractivity contribution in [2.45, 2.75) is 13.8 Å². The third kappa shape index (κ3) is 1.99. The highest BCUT2D eigenvalue weighted by Gasteiger charge is 2.12. The van der Waals surface area contributed by atoms with Crippen LogP contribution in [0.25, 0.3) is 22.6 Å². The van der Waals surface area contributed by atoms with Gasteiger partial charge in [-0.05, 0) is 49.2 Å². The third-order valence-corrected chi connectivity index (χ3v) is 3.25. The summed E-state index contributed by atoms with van der Waals surface area (Å²) in [7, 11) is 1.51. The molecule has 0 bridgehead atoms. The van der Waals surface area contributed by atoms with Crippen LogP contribution in [0.2, 0.25) is 0 Å². The molecule has 0 atom stereocenters. The van der Waals surface area contributed by atoms with Crippen molar-refractivity contribution < 1.29 is 14.3 Å². The maximum absolute atomic E-state index is 9.63. The van der Waals surface area contributed by atoms with Gasteiger partial charge in [-0.15, -0.1) is 0 Å². The van der Waals surface area contributed by atoms with Crippen LogP contribution in [-0.4, -0.2) is 17.2 Å². The predicted octanol–water partition coefficient (Wildman–Crippen LogP) is 3.83. The van der Waals surface area contributed by atoms with Crippen LogP contribution in [0.4, 0.5) is 0 Å². The lowest BCUT2D eigenvalue weighted by Crippen LogP contribution is -1.85. The number of ether oxygens (including phenoxy) is 1. The maximum atomic E-state index is 9.63. The molecule has 0 saturated heterocycles. The molecule has 0 aliphatic heterocycles. The minimum atomic E-state index is 0.0967. The van der Waals surface area contributed by atoms with Gasteiger partial charge in [-0.25, -0.2) is 4.98 Å². The summed E-state index contributed by atoms with van der Waals surface area (Å²) in [4.78, 5) is 4.51. The Bertz CT molecular complexity index is 790. The quantitative estimate of drug-likeness (QED) is 0.768. The monoisotopic (exact) mass is 269 g/mol. The second kappa shape index (κ2) is 4.56. The van der Waals surface area contributed by atoms with E-state index in [0.717, 1.165) is 27.8 Å². The van der Waals surface area contributed by atoms with E-state index in [9.17, 15) is 5.11 Å². The van der Waals surface area contributed by atoms with Crippen molar-refractivity contribution in [3.63, 3.8) is 0 Å². The average molecular weight is 269 g/mol. The highest BCUT2D eigenvalue weighted by Crippen LogP contribution is 2.33. The Morgan fingerprint density at radius 1 is 1.15 bits per heavy atom. The molecule has 1 N–H and O–H groups in total. The largest absolute Gasteiger partial charge is 0.504 e. The number of aromatic nitrogens is 1. The van der Waals surface area contributed by atoms with Crippen LogP contribution in [0.15, 0.2) is 34.7 Å². The second-order valence-electron chi connectivity index (χ2n) is 4.84. The Labute approximate surface area is 116 Å². The summed E-state index contributed by atoms with van der Waals surface area (Å²) in [5.41, 5.74) is 4.61. The number of aryl methyl sites for hydroxylation is 2. The number of aromatic hydroxyl groups is 1. The van der Waals surface area contributed by atoms with Gasteiger partial charge in [0.05, 0.1) is 7.11 Å². The summed E-state index contributed by atoms with van der Waals surface area (Å²) < 4.78 is 10.9. The average Bonchev–Trinajstić information content (AvgIpc) is 2.83. The standard InChI is InChI=1S/C16H15NO3/c1-9-6-10(2)15-12(7-9)17-16(20-15)11-4-5-13(18)14(8-11)19-3/h4-8,18H,1-3H3. The molecular formula is C16H15NO3.